The van der Waals surface area contributed by atoms with Gasteiger partial charge in [0, 0.05) is 17.9 Å². The monoisotopic (exact) mass is 268 g/mol. The highest BCUT2D eigenvalue weighted by atomic mass is 16.5. The second-order valence-corrected chi connectivity index (χ2v) is 4.91. The molecule has 1 atom stereocenters. The maximum atomic E-state index is 12.1. The fourth-order valence-electron chi connectivity index (χ4n) is 2.75. The predicted octanol–water partition coefficient (Wildman–Crippen LogP) is 3.42. The number of benzene rings is 2. The van der Waals surface area contributed by atoms with Crippen LogP contribution in [-0.4, -0.2) is 20.0 Å². The molecule has 0 radical (unpaired) electrons. The zero-order chi connectivity index (χ0) is 14.1. The molecule has 0 aromatic heterocycles. The quantitative estimate of drug-likeness (QED) is 0.855. The lowest BCUT2D eigenvalue weighted by atomic mass is 9.93. The van der Waals surface area contributed by atoms with Crippen LogP contribution in [0.5, 0.6) is 11.5 Å². The summed E-state index contributed by atoms with van der Waals surface area (Å²) in [6, 6.07) is 13.6. The molecule has 3 nitrogen and oxygen atoms in total. The summed E-state index contributed by atoms with van der Waals surface area (Å²) in [5, 5.41) is 0. The number of fused-ring (bicyclic) bond motifs is 1. The third kappa shape index (κ3) is 2.05. The molecule has 0 unspecified atom stereocenters. The Bertz CT molecular complexity index is 644. The molecule has 0 N–H and O–H groups in total. The Balaban J connectivity index is 2.02. The van der Waals surface area contributed by atoms with Gasteiger partial charge in [-0.3, -0.25) is 4.79 Å². The second-order valence-electron chi connectivity index (χ2n) is 4.91. The molecule has 3 heteroatoms. The van der Waals surface area contributed by atoms with Crippen molar-refractivity contribution in [1.82, 2.24) is 0 Å². The highest BCUT2D eigenvalue weighted by Crippen LogP contribution is 2.40. The van der Waals surface area contributed by atoms with Gasteiger partial charge in [0.05, 0.1) is 14.2 Å². The van der Waals surface area contributed by atoms with Crippen molar-refractivity contribution in [1.29, 1.82) is 0 Å². The third-order valence-electron chi connectivity index (χ3n) is 3.84. The van der Waals surface area contributed by atoms with Crippen molar-refractivity contribution in [2.75, 3.05) is 14.2 Å². The first-order valence-corrected chi connectivity index (χ1v) is 6.58. The number of hydrogen-bond acceptors (Lipinski definition) is 3. The second kappa shape index (κ2) is 5.00. The molecule has 0 aliphatic heterocycles. The van der Waals surface area contributed by atoms with Crippen molar-refractivity contribution in [2.24, 2.45) is 0 Å². The van der Waals surface area contributed by atoms with E-state index in [1.54, 1.807) is 14.2 Å². The summed E-state index contributed by atoms with van der Waals surface area (Å²) in [6.07, 6.45) is 0.523. The van der Waals surface area contributed by atoms with Crippen LogP contribution in [0.4, 0.5) is 0 Å². The van der Waals surface area contributed by atoms with E-state index in [2.05, 4.69) is 0 Å². The number of ether oxygens (including phenoxy) is 2. The zero-order valence-electron chi connectivity index (χ0n) is 11.6. The van der Waals surface area contributed by atoms with Gasteiger partial charge in [-0.2, -0.15) is 0 Å². The lowest BCUT2D eigenvalue weighted by molar-refractivity contribution is 0.0991. The van der Waals surface area contributed by atoms with Gasteiger partial charge in [0.1, 0.15) is 11.5 Å². The van der Waals surface area contributed by atoms with Crippen LogP contribution in [-0.2, 0) is 0 Å². The minimum Gasteiger partial charge on any atom is -0.497 e. The Kier molecular flexibility index (Phi) is 3.18. The summed E-state index contributed by atoms with van der Waals surface area (Å²) < 4.78 is 10.4. The van der Waals surface area contributed by atoms with Crippen LogP contribution < -0.4 is 9.47 Å². The summed E-state index contributed by atoms with van der Waals surface area (Å²) in [6.45, 7) is 0. The molecular weight excluding hydrogens is 252 g/mol. The normalized spacial score (nSPS) is 16.9. The van der Waals surface area contributed by atoms with E-state index in [0.717, 1.165) is 28.2 Å². The maximum absolute atomic E-state index is 12.1. The van der Waals surface area contributed by atoms with Crippen molar-refractivity contribution in [3.8, 4) is 11.5 Å². The number of rotatable bonds is 3. The van der Waals surface area contributed by atoms with Crippen LogP contribution in [0.15, 0.2) is 42.5 Å². The molecule has 1 aliphatic carbocycles. The Labute approximate surface area is 118 Å². The Morgan fingerprint density at radius 2 is 1.60 bits per heavy atom. The third-order valence-corrected chi connectivity index (χ3v) is 3.84. The van der Waals surface area contributed by atoms with Crippen molar-refractivity contribution in [2.45, 2.75) is 12.3 Å². The number of methoxy groups -OCH3 is 2. The summed E-state index contributed by atoms with van der Waals surface area (Å²) in [4.78, 5) is 12.1. The first-order valence-electron chi connectivity index (χ1n) is 6.58. The predicted molar refractivity (Wildman–Crippen MR) is 76.8 cm³/mol. The van der Waals surface area contributed by atoms with E-state index in [0.29, 0.717) is 6.42 Å². The van der Waals surface area contributed by atoms with Crippen LogP contribution in [0.3, 0.4) is 0 Å². The van der Waals surface area contributed by atoms with Crippen LogP contribution in [0, 0.1) is 0 Å². The van der Waals surface area contributed by atoms with E-state index in [1.807, 2.05) is 42.5 Å². The molecule has 102 valence electrons. The zero-order valence-corrected chi connectivity index (χ0v) is 11.6. The fraction of sp³-hybridized carbons (Fsp3) is 0.235. The van der Waals surface area contributed by atoms with E-state index >= 15 is 0 Å². The molecule has 2 aromatic rings. The van der Waals surface area contributed by atoms with Gasteiger partial charge < -0.3 is 9.47 Å². The average molecular weight is 268 g/mol. The van der Waals surface area contributed by atoms with Crippen LogP contribution in [0.2, 0.25) is 0 Å². The molecule has 0 bridgehead atoms. The molecule has 1 aliphatic rings. The molecular formula is C17H16O3. The minimum absolute atomic E-state index is 0.110. The average Bonchev–Trinajstić information content (AvgIpc) is 2.84. The molecule has 20 heavy (non-hydrogen) atoms. The van der Waals surface area contributed by atoms with Crippen LogP contribution in [0.25, 0.3) is 0 Å². The van der Waals surface area contributed by atoms with Crippen molar-refractivity contribution in [3.63, 3.8) is 0 Å². The van der Waals surface area contributed by atoms with E-state index in [-0.39, 0.29) is 11.7 Å². The molecule has 2 aromatic carbocycles. The molecule has 0 fully saturated rings. The van der Waals surface area contributed by atoms with Gasteiger partial charge in [-0.15, -0.1) is 0 Å². The van der Waals surface area contributed by atoms with Crippen LogP contribution in [0.1, 0.15) is 33.8 Å². The van der Waals surface area contributed by atoms with Gasteiger partial charge in [0.2, 0.25) is 0 Å². The molecule has 0 saturated heterocycles. The molecule has 0 amide bonds. The van der Waals surface area contributed by atoms with Crippen molar-refractivity contribution >= 4 is 5.78 Å². The largest absolute Gasteiger partial charge is 0.497 e. The van der Waals surface area contributed by atoms with Gasteiger partial charge in [0.15, 0.2) is 5.78 Å². The lowest BCUT2D eigenvalue weighted by Gasteiger charge is -2.12. The summed E-state index contributed by atoms with van der Waals surface area (Å²) in [5.74, 6) is 1.92. The van der Waals surface area contributed by atoms with Crippen LogP contribution >= 0.6 is 0 Å². The van der Waals surface area contributed by atoms with Gasteiger partial charge in [-0.1, -0.05) is 12.1 Å². The van der Waals surface area contributed by atoms with E-state index < -0.39 is 0 Å². The summed E-state index contributed by atoms with van der Waals surface area (Å²) >= 11 is 0. The highest BCUT2D eigenvalue weighted by molar-refractivity contribution is 6.02. The highest BCUT2D eigenvalue weighted by Gasteiger charge is 2.30. The van der Waals surface area contributed by atoms with E-state index in [1.165, 1.54) is 0 Å². The van der Waals surface area contributed by atoms with Crippen molar-refractivity contribution in [3.05, 3.63) is 59.2 Å². The number of ketones is 1. The number of hydrogen-bond donors (Lipinski definition) is 0. The minimum atomic E-state index is 0.110. The van der Waals surface area contributed by atoms with Gasteiger partial charge in [-0.05, 0) is 41.5 Å². The van der Waals surface area contributed by atoms with E-state index in [9.17, 15) is 4.79 Å². The summed E-state index contributed by atoms with van der Waals surface area (Å²) in [5.41, 5.74) is 3.00. The number of carbonyl (C=O) groups excluding carboxylic acids is 1. The Morgan fingerprint density at radius 1 is 0.950 bits per heavy atom. The Hall–Kier alpha value is -2.29. The fourth-order valence-corrected chi connectivity index (χ4v) is 2.75. The molecule has 0 heterocycles. The number of carbonyl (C=O) groups is 1. The SMILES string of the molecule is COc1ccc([C@@H]2CC(=O)c3ccc(OC)cc32)cc1. The smallest absolute Gasteiger partial charge is 0.164 e. The van der Waals surface area contributed by atoms with Gasteiger partial charge in [-0.25, -0.2) is 0 Å². The first-order chi connectivity index (χ1) is 9.72. The van der Waals surface area contributed by atoms with Gasteiger partial charge in [0.25, 0.3) is 0 Å². The van der Waals surface area contributed by atoms with Gasteiger partial charge >= 0.3 is 0 Å². The molecule has 0 saturated carbocycles. The topological polar surface area (TPSA) is 35.5 Å². The maximum Gasteiger partial charge on any atom is 0.164 e. The van der Waals surface area contributed by atoms with Crippen molar-refractivity contribution < 1.29 is 14.3 Å². The molecule has 0 spiro atoms. The molecule has 3 rings (SSSR count). The Morgan fingerprint density at radius 3 is 2.25 bits per heavy atom. The lowest BCUT2D eigenvalue weighted by Crippen LogP contribution is -1.97. The first kappa shape index (κ1) is 12.7. The summed E-state index contributed by atoms with van der Waals surface area (Å²) in [7, 11) is 3.29. The standard InChI is InChI=1S/C17H16O3/c1-19-12-5-3-11(4-6-12)15-10-17(18)14-8-7-13(20-2)9-16(14)15/h3-9,15H,10H2,1-2H3/t15-/m0/s1. The van der Waals surface area contributed by atoms with E-state index in [4.69, 9.17) is 9.47 Å². The number of Topliss-reactive ketones (excluding diaryl/α,β-unsaturated/α-hetero) is 1.